The molecular weight excluding hydrogens is 186 g/mol. The van der Waals surface area contributed by atoms with Crippen LogP contribution in [0.15, 0.2) is 12.7 Å². The van der Waals surface area contributed by atoms with Gasteiger partial charge in [-0.2, -0.15) is 0 Å². The van der Waals surface area contributed by atoms with E-state index >= 15 is 0 Å². The summed E-state index contributed by atoms with van der Waals surface area (Å²) in [7, 11) is -1.98. The van der Waals surface area contributed by atoms with Crippen LogP contribution in [0.2, 0.25) is 0 Å². The van der Waals surface area contributed by atoms with Gasteiger partial charge in [0.15, 0.2) is 0 Å². The summed E-state index contributed by atoms with van der Waals surface area (Å²) in [6, 6.07) is 0. The molecular formula is C10H19FOP. The van der Waals surface area contributed by atoms with Crippen LogP contribution >= 0.6 is 7.49 Å². The van der Waals surface area contributed by atoms with Gasteiger partial charge in [0, 0.05) is 12.3 Å². The fourth-order valence-electron chi connectivity index (χ4n) is 1.91. The second-order valence-corrected chi connectivity index (χ2v) is 7.29. The molecule has 2 unspecified atom stereocenters. The van der Waals surface area contributed by atoms with Gasteiger partial charge in [0.05, 0.1) is 0 Å². The SMILES string of the molecule is C=CC[P]1(O)CCCCCC(F)C1. The van der Waals surface area contributed by atoms with E-state index in [2.05, 4.69) is 6.58 Å². The van der Waals surface area contributed by atoms with Crippen LogP contribution in [-0.2, 0) is 0 Å². The van der Waals surface area contributed by atoms with E-state index in [0.29, 0.717) is 18.7 Å². The summed E-state index contributed by atoms with van der Waals surface area (Å²) >= 11 is 0. The second-order valence-electron chi connectivity index (χ2n) is 3.92. The van der Waals surface area contributed by atoms with E-state index in [1.807, 2.05) is 0 Å². The molecule has 0 aromatic rings. The van der Waals surface area contributed by atoms with Crippen LogP contribution in [0.1, 0.15) is 25.7 Å². The lowest BCUT2D eigenvalue weighted by atomic mass is 10.1. The maximum atomic E-state index is 13.3. The fraction of sp³-hybridized carbons (Fsp3) is 0.800. The van der Waals surface area contributed by atoms with E-state index in [0.717, 1.165) is 25.4 Å². The standard InChI is InChI=1S/C10H19FOP/c1-2-7-13(12)8-5-3-4-6-10(11)9-13/h2,10,12H,1,3-9H2. The van der Waals surface area contributed by atoms with Gasteiger partial charge in [0.25, 0.3) is 0 Å². The molecule has 1 nitrogen and oxygen atoms in total. The summed E-state index contributed by atoms with van der Waals surface area (Å²) in [5.74, 6) is 0. The second kappa shape index (κ2) is 5.07. The van der Waals surface area contributed by atoms with Crippen LogP contribution in [0.4, 0.5) is 4.39 Å². The van der Waals surface area contributed by atoms with Crippen molar-refractivity contribution in [2.24, 2.45) is 0 Å². The molecule has 1 rings (SSSR count). The van der Waals surface area contributed by atoms with E-state index in [9.17, 15) is 9.28 Å². The van der Waals surface area contributed by atoms with Crippen molar-refractivity contribution in [1.82, 2.24) is 0 Å². The first-order valence-electron chi connectivity index (χ1n) is 5.00. The number of hydrogen-bond acceptors (Lipinski definition) is 1. The summed E-state index contributed by atoms with van der Waals surface area (Å²) in [5, 5.41) is 0. The maximum Gasteiger partial charge on any atom is 0.106 e. The first-order valence-corrected chi connectivity index (χ1v) is 7.30. The van der Waals surface area contributed by atoms with Gasteiger partial charge < -0.3 is 4.89 Å². The average molecular weight is 205 g/mol. The topological polar surface area (TPSA) is 20.2 Å². The third-order valence-electron chi connectivity index (χ3n) is 2.60. The van der Waals surface area contributed by atoms with E-state index < -0.39 is 13.7 Å². The van der Waals surface area contributed by atoms with Crippen molar-refractivity contribution in [2.75, 3.05) is 18.5 Å². The highest BCUT2D eigenvalue weighted by atomic mass is 31.2. The predicted octanol–water partition coefficient (Wildman–Crippen LogP) is 3.01. The molecule has 1 aliphatic rings. The van der Waals surface area contributed by atoms with Crippen LogP contribution in [0.5, 0.6) is 0 Å². The molecule has 77 valence electrons. The minimum Gasteiger partial charge on any atom is -0.379 e. The van der Waals surface area contributed by atoms with Crippen molar-refractivity contribution >= 4 is 7.49 Å². The molecule has 13 heavy (non-hydrogen) atoms. The van der Waals surface area contributed by atoms with Crippen LogP contribution in [0, 0.1) is 0 Å². The lowest BCUT2D eigenvalue weighted by Gasteiger charge is -2.32. The predicted molar refractivity (Wildman–Crippen MR) is 57.3 cm³/mol. The average Bonchev–Trinajstić information content (AvgIpc) is 2.01. The molecule has 0 aromatic heterocycles. The molecule has 0 aliphatic carbocycles. The maximum absolute atomic E-state index is 13.3. The molecule has 0 spiro atoms. The Labute approximate surface area is 80.5 Å². The van der Waals surface area contributed by atoms with E-state index in [4.69, 9.17) is 0 Å². The Morgan fingerprint density at radius 3 is 2.92 bits per heavy atom. The van der Waals surface area contributed by atoms with E-state index in [1.54, 1.807) is 6.08 Å². The molecule has 1 N–H and O–H groups in total. The molecule has 1 aliphatic heterocycles. The van der Waals surface area contributed by atoms with Gasteiger partial charge in [0.1, 0.15) is 6.17 Å². The minimum absolute atomic E-state index is 0.402. The Hall–Kier alpha value is 0.0600. The van der Waals surface area contributed by atoms with Crippen molar-refractivity contribution < 1.29 is 9.28 Å². The summed E-state index contributed by atoms with van der Waals surface area (Å²) in [6.07, 6.45) is 6.58. The van der Waals surface area contributed by atoms with Crippen LogP contribution in [0.25, 0.3) is 0 Å². The Balaban J connectivity index is 2.53. The first-order chi connectivity index (χ1) is 6.16. The number of rotatable bonds is 2. The number of halogens is 1. The lowest BCUT2D eigenvalue weighted by molar-refractivity contribution is 0.325. The third-order valence-corrected chi connectivity index (χ3v) is 5.76. The Morgan fingerprint density at radius 1 is 1.46 bits per heavy atom. The zero-order valence-corrected chi connectivity index (χ0v) is 8.98. The fourth-order valence-corrected chi connectivity index (χ4v) is 4.63. The molecule has 2 atom stereocenters. The van der Waals surface area contributed by atoms with Crippen molar-refractivity contribution in [2.45, 2.75) is 31.9 Å². The molecule has 1 heterocycles. The highest BCUT2D eigenvalue weighted by Crippen LogP contribution is 2.57. The number of alkyl halides is 1. The summed E-state index contributed by atoms with van der Waals surface area (Å²) in [4.78, 5) is 10.1. The molecule has 1 fully saturated rings. The summed E-state index contributed by atoms with van der Waals surface area (Å²) < 4.78 is 13.3. The zero-order chi connectivity index (χ0) is 9.73. The zero-order valence-electron chi connectivity index (χ0n) is 8.08. The van der Waals surface area contributed by atoms with Gasteiger partial charge in [-0.05, 0) is 26.5 Å². The molecule has 0 bridgehead atoms. The molecule has 1 radical (unpaired) electrons. The molecule has 0 aromatic carbocycles. The number of hydrogen-bond donors (Lipinski definition) is 1. The highest BCUT2D eigenvalue weighted by Gasteiger charge is 2.28. The van der Waals surface area contributed by atoms with Crippen molar-refractivity contribution in [3.63, 3.8) is 0 Å². The van der Waals surface area contributed by atoms with Gasteiger partial charge in [-0.3, -0.25) is 0 Å². The summed E-state index contributed by atoms with van der Waals surface area (Å²) in [6.45, 7) is 3.62. The van der Waals surface area contributed by atoms with Crippen molar-refractivity contribution in [3.8, 4) is 0 Å². The van der Waals surface area contributed by atoms with Crippen LogP contribution < -0.4 is 0 Å². The summed E-state index contributed by atoms with van der Waals surface area (Å²) in [5.41, 5.74) is 0. The Morgan fingerprint density at radius 2 is 2.23 bits per heavy atom. The highest BCUT2D eigenvalue weighted by molar-refractivity contribution is 7.70. The largest absolute Gasteiger partial charge is 0.379 e. The third kappa shape index (κ3) is 3.74. The van der Waals surface area contributed by atoms with Crippen molar-refractivity contribution in [1.29, 1.82) is 0 Å². The quantitative estimate of drug-likeness (QED) is 0.542. The molecule has 3 heteroatoms. The normalized spacial score (nSPS) is 36.3. The molecule has 0 amide bonds. The smallest absolute Gasteiger partial charge is 0.106 e. The monoisotopic (exact) mass is 205 g/mol. The van der Waals surface area contributed by atoms with E-state index in [-0.39, 0.29) is 0 Å². The number of allylic oxidation sites excluding steroid dienone is 1. The van der Waals surface area contributed by atoms with Crippen LogP contribution in [-0.4, -0.2) is 29.6 Å². The lowest BCUT2D eigenvalue weighted by Crippen LogP contribution is -2.17. The molecule has 0 saturated carbocycles. The minimum atomic E-state index is -1.98. The first kappa shape index (κ1) is 11.1. The van der Waals surface area contributed by atoms with Gasteiger partial charge in [-0.15, -0.1) is 6.58 Å². The van der Waals surface area contributed by atoms with Gasteiger partial charge >= 0.3 is 0 Å². The van der Waals surface area contributed by atoms with E-state index in [1.165, 1.54) is 0 Å². The van der Waals surface area contributed by atoms with Gasteiger partial charge in [0.2, 0.25) is 0 Å². The van der Waals surface area contributed by atoms with Crippen LogP contribution in [0.3, 0.4) is 0 Å². The Bertz CT molecular complexity index is 174. The van der Waals surface area contributed by atoms with Crippen molar-refractivity contribution in [3.05, 3.63) is 12.7 Å². The van der Waals surface area contributed by atoms with Gasteiger partial charge in [-0.1, -0.05) is 18.9 Å². The molecule has 1 saturated heterocycles. The Kier molecular flexibility index (Phi) is 4.34. The van der Waals surface area contributed by atoms with Gasteiger partial charge in [-0.25, -0.2) is 4.39 Å².